The van der Waals surface area contributed by atoms with Gasteiger partial charge in [-0.2, -0.15) is 18.4 Å². The van der Waals surface area contributed by atoms with Gasteiger partial charge in [0, 0.05) is 24.2 Å². The van der Waals surface area contributed by atoms with Crippen molar-refractivity contribution in [3.05, 3.63) is 95.5 Å². The summed E-state index contributed by atoms with van der Waals surface area (Å²) < 4.78 is 58.8. The Morgan fingerprint density at radius 2 is 1.61 bits per heavy atom. The van der Waals surface area contributed by atoms with Gasteiger partial charge in [-0.15, -0.1) is 0 Å². The van der Waals surface area contributed by atoms with Gasteiger partial charge in [0.1, 0.15) is 30.0 Å². The van der Waals surface area contributed by atoms with Crippen molar-refractivity contribution in [2.24, 2.45) is 22.7 Å². The summed E-state index contributed by atoms with van der Waals surface area (Å²) in [6, 6.07) is 16.9. The SMILES string of the molecule is Cc1ncoc1-c1ccc([C@H](C)NC(=O)[C@@H]2C[C@@H](O)CN2C(=O)[C@@H](NC(=O)COC[C@H]2CC3(C2)C[C@H](COc2ccc(N4C(=S)N(c5ccc(C#N)c(C(F)(F)F)c5)C(=O)C4(C)C)cc2)C3)C(C)(C)C)cc1. The Hall–Kier alpha value is -6.36. The molecule has 2 saturated heterocycles. The molecule has 4 fully saturated rings. The van der Waals surface area contributed by atoms with Gasteiger partial charge in [0.2, 0.25) is 17.7 Å². The molecule has 1 aromatic heterocycles. The molecular formula is C53H60F3N7O8S. The number of carbonyl (C=O) groups is 4. The van der Waals surface area contributed by atoms with Crippen molar-refractivity contribution in [1.82, 2.24) is 20.5 Å². The van der Waals surface area contributed by atoms with Crippen LogP contribution in [0.2, 0.25) is 0 Å². The Labute approximate surface area is 422 Å². The minimum Gasteiger partial charge on any atom is -0.493 e. The lowest BCUT2D eigenvalue weighted by atomic mass is 9.48. The number of carbonyl (C=O) groups excluding carboxylic acids is 4. The molecule has 0 bridgehead atoms. The van der Waals surface area contributed by atoms with Crippen LogP contribution in [0.3, 0.4) is 0 Å². The Kier molecular flexibility index (Phi) is 14.4. The number of amides is 4. The number of likely N-dealkylation sites (tertiary alicyclic amines) is 1. The highest BCUT2D eigenvalue weighted by atomic mass is 32.1. The third-order valence-electron chi connectivity index (χ3n) is 14.5. The highest BCUT2D eigenvalue weighted by Gasteiger charge is 2.53. The molecule has 0 radical (unpaired) electrons. The molecule has 4 atom stereocenters. The Bertz CT molecular complexity index is 2750. The van der Waals surface area contributed by atoms with E-state index in [0.717, 1.165) is 59.5 Å². The summed E-state index contributed by atoms with van der Waals surface area (Å²) in [7, 11) is 0. The molecule has 3 heterocycles. The summed E-state index contributed by atoms with van der Waals surface area (Å²) in [6.07, 6.45) is -0.309. The van der Waals surface area contributed by atoms with Gasteiger partial charge in [-0.3, -0.25) is 24.1 Å². The van der Waals surface area contributed by atoms with Gasteiger partial charge < -0.3 is 39.4 Å². The first-order valence-electron chi connectivity index (χ1n) is 24.1. The normalized spacial score (nSPS) is 23.6. The summed E-state index contributed by atoms with van der Waals surface area (Å²) in [5.74, 6) is 0.125. The maximum Gasteiger partial charge on any atom is 0.417 e. The standard InChI is InChI=1S/C53H60F3N7O8S/c1-30(34-8-10-35(11-9-34)44-31(2)58-29-71-44)59-46(66)42-19-39(64)25-61(42)47(67)45(50(3,4)5)60-43(65)28-69-26-32-20-52(21-32)22-33(23-52)27-70-40-16-14-37(15-17-40)63-49(72)62(48(68)51(63,6)7)38-13-12-36(24-57)41(18-38)53(54,55)56/h8-18,29-30,32-33,39,42,45,64H,19-23,25-28H2,1-7H3,(H,59,66)(H,60,65)/t30-,32-,33-,39+,42-,45+,52?/m0/s1. The van der Waals surface area contributed by atoms with E-state index in [1.54, 1.807) is 49.1 Å². The lowest BCUT2D eigenvalue weighted by Crippen LogP contribution is -2.58. The molecule has 15 nitrogen and oxygen atoms in total. The van der Waals surface area contributed by atoms with Crippen molar-refractivity contribution in [1.29, 1.82) is 5.26 Å². The zero-order chi connectivity index (χ0) is 52.1. The van der Waals surface area contributed by atoms with E-state index in [9.17, 15) is 42.7 Å². The van der Waals surface area contributed by atoms with E-state index in [-0.39, 0.29) is 35.8 Å². The number of halogens is 3. The molecule has 1 spiro atoms. The average molecular weight is 1010 g/mol. The molecule has 382 valence electrons. The van der Waals surface area contributed by atoms with Crippen molar-refractivity contribution >= 4 is 52.3 Å². The zero-order valence-electron chi connectivity index (χ0n) is 41.3. The third kappa shape index (κ3) is 10.6. The van der Waals surface area contributed by atoms with Crippen molar-refractivity contribution in [3.63, 3.8) is 0 Å². The number of nitrogens with one attached hydrogen (secondary N) is 2. The fraction of sp³-hybridized carbons (Fsp3) is 0.491. The molecule has 2 saturated carbocycles. The number of nitrogens with zero attached hydrogens (tertiary/aromatic N) is 5. The first-order valence-corrected chi connectivity index (χ1v) is 24.5. The number of hydrogen-bond donors (Lipinski definition) is 3. The van der Waals surface area contributed by atoms with Crippen LogP contribution in [0.5, 0.6) is 5.75 Å². The predicted molar refractivity (Wildman–Crippen MR) is 264 cm³/mol. The van der Waals surface area contributed by atoms with Crippen molar-refractivity contribution < 1.29 is 51.3 Å². The van der Waals surface area contributed by atoms with Crippen LogP contribution in [-0.2, 0) is 30.1 Å². The van der Waals surface area contributed by atoms with E-state index in [1.807, 2.05) is 58.9 Å². The first kappa shape index (κ1) is 52.0. The van der Waals surface area contributed by atoms with E-state index in [0.29, 0.717) is 42.2 Å². The average Bonchev–Trinajstić information content (AvgIpc) is 3.96. The number of aliphatic hydroxyl groups is 1. The fourth-order valence-corrected chi connectivity index (χ4v) is 11.3. The van der Waals surface area contributed by atoms with Crippen LogP contribution in [0.15, 0.2) is 77.5 Å². The highest BCUT2D eigenvalue weighted by molar-refractivity contribution is 7.81. The maximum atomic E-state index is 14.1. The second-order valence-corrected chi connectivity index (χ2v) is 21.8. The molecule has 3 N–H and O–H groups in total. The molecule has 19 heteroatoms. The van der Waals surface area contributed by atoms with Gasteiger partial charge in [0.25, 0.3) is 5.91 Å². The van der Waals surface area contributed by atoms with Crippen LogP contribution in [0.4, 0.5) is 24.5 Å². The summed E-state index contributed by atoms with van der Waals surface area (Å²) in [5, 5.41) is 25.8. The molecule has 3 aromatic carbocycles. The van der Waals surface area contributed by atoms with Gasteiger partial charge in [-0.05, 0) is 136 Å². The number of hydrogen-bond acceptors (Lipinski definition) is 11. The second kappa shape index (κ2) is 19.9. The number of nitriles is 1. The molecule has 4 aromatic rings. The van der Waals surface area contributed by atoms with Crippen LogP contribution in [0.1, 0.15) is 102 Å². The molecule has 72 heavy (non-hydrogen) atoms. The summed E-state index contributed by atoms with van der Waals surface area (Å²) in [4.78, 5) is 62.9. The van der Waals surface area contributed by atoms with Gasteiger partial charge in [0.15, 0.2) is 17.3 Å². The Balaban J connectivity index is 0.764. The van der Waals surface area contributed by atoms with E-state index in [1.165, 1.54) is 17.4 Å². The number of aryl methyl sites for hydroxylation is 1. The zero-order valence-corrected chi connectivity index (χ0v) is 42.2. The van der Waals surface area contributed by atoms with E-state index < -0.39 is 76.1 Å². The van der Waals surface area contributed by atoms with E-state index in [4.69, 9.17) is 26.1 Å². The Morgan fingerprint density at radius 3 is 2.21 bits per heavy atom. The van der Waals surface area contributed by atoms with E-state index in [2.05, 4.69) is 15.6 Å². The Morgan fingerprint density at radius 1 is 0.972 bits per heavy atom. The van der Waals surface area contributed by atoms with Gasteiger partial charge in [-0.1, -0.05) is 45.0 Å². The summed E-state index contributed by atoms with van der Waals surface area (Å²) in [6.45, 7) is 13.1. The van der Waals surface area contributed by atoms with Crippen LogP contribution >= 0.6 is 12.2 Å². The second-order valence-electron chi connectivity index (χ2n) is 21.4. The highest BCUT2D eigenvalue weighted by Crippen LogP contribution is 2.61. The molecule has 2 aliphatic heterocycles. The van der Waals surface area contributed by atoms with Crippen LogP contribution < -0.4 is 25.2 Å². The molecule has 4 amide bonds. The number of aromatic nitrogens is 1. The smallest absolute Gasteiger partial charge is 0.417 e. The largest absolute Gasteiger partial charge is 0.493 e. The van der Waals surface area contributed by atoms with Crippen LogP contribution in [0.25, 0.3) is 11.3 Å². The van der Waals surface area contributed by atoms with Crippen molar-refractivity contribution in [2.75, 3.05) is 36.2 Å². The number of anilines is 2. The number of aliphatic hydroxyl groups excluding tert-OH is 1. The van der Waals surface area contributed by atoms with Gasteiger partial charge in [-0.25, -0.2) is 4.98 Å². The molecule has 8 rings (SSSR count). The number of rotatable bonds is 15. The van der Waals surface area contributed by atoms with Crippen molar-refractivity contribution in [3.8, 4) is 23.1 Å². The number of β-amino-alcohol motifs (C(OH)–C–C–N with tert-alkyl or cyclic N) is 1. The summed E-state index contributed by atoms with van der Waals surface area (Å²) >= 11 is 5.66. The monoisotopic (exact) mass is 1010 g/mol. The number of benzene rings is 3. The quantitative estimate of drug-likeness (QED) is 0.0974. The van der Waals surface area contributed by atoms with Crippen LogP contribution in [0, 0.1) is 40.9 Å². The molecule has 2 aliphatic carbocycles. The molecule has 0 unspecified atom stereocenters. The number of alkyl halides is 3. The number of oxazole rings is 1. The fourth-order valence-electron chi connectivity index (χ4n) is 10.8. The van der Waals surface area contributed by atoms with Crippen LogP contribution in [-0.4, -0.2) is 93.8 Å². The van der Waals surface area contributed by atoms with Gasteiger partial charge in [0.05, 0.1) is 53.9 Å². The molecular weight excluding hydrogens is 952 g/mol. The number of thiocarbonyl (C=S) groups is 1. The van der Waals surface area contributed by atoms with Gasteiger partial charge >= 0.3 is 6.18 Å². The van der Waals surface area contributed by atoms with Crippen molar-refractivity contribution in [2.45, 2.75) is 117 Å². The lowest BCUT2D eigenvalue weighted by Gasteiger charge is -2.57. The first-order chi connectivity index (χ1) is 33.9. The molecule has 4 aliphatic rings. The third-order valence-corrected chi connectivity index (χ3v) is 14.8. The minimum absolute atomic E-state index is 0.00677. The minimum atomic E-state index is -4.80. The maximum absolute atomic E-state index is 14.1. The van der Waals surface area contributed by atoms with E-state index >= 15 is 0 Å². The predicted octanol–water partition coefficient (Wildman–Crippen LogP) is 8.03. The lowest BCUT2D eigenvalue weighted by molar-refractivity contribution is -0.145. The topological polar surface area (TPSA) is 191 Å². The summed E-state index contributed by atoms with van der Waals surface area (Å²) in [5.41, 5.74) is -0.481. The number of ether oxygens (including phenoxy) is 2.